The maximum atomic E-state index is 8.00. The van der Waals surface area contributed by atoms with E-state index in [2.05, 4.69) is 0 Å². The summed E-state index contributed by atoms with van der Waals surface area (Å²) in [5.41, 5.74) is 0. The van der Waals surface area contributed by atoms with E-state index >= 15 is 0 Å². The molecule has 0 fully saturated rings. The third kappa shape index (κ3) is 1710. The Morgan fingerprint density at radius 2 is 0.700 bits per heavy atom. The van der Waals surface area contributed by atoms with Crippen LogP contribution in [0.3, 0.4) is 0 Å². The van der Waals surface area contributed by atoms with Gasteiger partial charge in [-0.25, -0.2) is 0 Å². The summed E-state index contributed by atoms with van der Waals surface area (Å²) in [7, 11) is 0. The molecule has 54 valence electrons. The summed E-state index contributed by atoms with van der Waals surface area (Å²) in [6.45, 7) is 0. The Morgan fingerprint density at radius 1 is 0.700 bits per heavy atom. The molecule has 0 N–H and O–H groups in total. The van der Waals surface area contributed by atoms with Gasteiger partial charge in [0, 0.05) is 0 Å². The molecular formula is N3O6Pr. The maximum Gasteiger partial charge on any atom is 3.00 e. The first-order chi connectivity index (χ1) is 4.24. The average molecular weight is 279 g/mol. The molecule has 0 aromatic rings. The molecule has 0 aromatic carbocycles. The average Bonchev–Trinajstić information content (AvgIpc) is 1.70. The van der Waals surface area contributed by atoms with Crippen molar-refractivity contribution in [3.8, 4) is 0 Å². The van der Waals surface area contributed by atoms with Gasteiger partial charge in [0.2, 0.25) is 0 Å². The summed E-state index contributed by atoms with van der Waals surface area (Å²) < 4.78 is 0. The Hall–Kier alpha value is -0.436. The van der Waals surface area contributed by atoms with E-state index in [0.717, 1.165) is 16.0 Å². The van der Waals surface area contributed by atoms with Crippen LogP contribution < -0.4 is 0 Å². The van der Waals surface area contributed by atoms with Gasteiger partial charge in [-0.3, -0.25) is 0 Å². The Balaban J connectivity index is -0.0000000257. The third-order valence-corrected chi connectivity index (χ3v) is 0. The smallest absolute Gasteiger partial charge is 0.444 e. The van der Waals surface area contributed by atoms with E-state index in [1.165, 1.54) is 0 Å². The van der Waals surface area contributed by atoms with Crippen LogP contribution in [0.5, 0.6) is 0 Å². The molecule has 0 saturated heterocycles. The van der Waals surface area contributed by atoms with Crippen LogP contribution in [0.15, 0.2) is 16.0 Å². The zero-order valence-electron chi connectivity index (χ0n) is 4.37. The number of hydrogen-bond acceptors (Lipinski definition) is 9. The van der Waals surface area contributed by atoms with Crippen LogP contribution >= 0.6 is 0 Å². The molecular weight excluding hydrogens is 279 g/mol. The van der Waals surface area contributed by atoms with Crippen molar-refractivity contribution in [2.45, 2.75) is 0 Å². The van der Waals surface area contributed by atoms with Gasteiger partial charge in [-0.2, -0.15) is 0 Å². The topological polar surface area (TPSA) is 157 Å². The number of hydrogen-bond donors (Lipinski definition) is 0. The molecule has 0 radical (unpaired) electrons. The van der Waals surface area contributed by atoms with E-state index < -0.39 is 0 Å². The van der Waals surface area contributed by atoms with Gasteiger partial charge in [0.1, 0.15) is 0 Å². The minimum absolute atomic E-state index is 0. The molecule has 0 heterocycles. The summed E-state index contributed by atoms with van der Waals surface area (Å²) >= 11 is 0. The van der Waals surface area contributed by atoms with Crippen LogP contribution in [0, 0.1) is 71.6 Å². The Kier molecular flexibility index (Phi) is 169. The van der Waals surface area contributed by atoms with Gasteiger partial charge in [0.05, 0.1) is 0 Å². The maximum absolute atomic E-state index is 8.00. The van der Waals surface area contributed by atoms with E-state index in [1.54, 1.807) is 0 Å². The molecule has 0 aromatic heterocycles. The molecule has 0 rings (SSSR count). The molecule has 10 heavy (non-hydrogen) atoms. The van der Waals surface area contributed by atoms with Crippen molar-refractivity contribution >= 4 is 0 Å². The number of nitrogens with zero attached hydrogens (tertiary/aromatic N) is 3. The Morgan fingerprint density at radius 3 is 0.700 bits per heavy atom. The van der Waals surface area contributed by atoms with Gasteiger partial charge in [-0.15, -0.1) is 16.0 Å². The van der Waals surface area contributed by atoms with Crippen LogP contribution in [0.4, 0.5) is 0 Å². The fourth-order valence-electron chi connectivity index (χ4n) is 0. The van der Waals surface area contributed by atoms with Gasteiger partial charge in [-0.1, -0.05) is 0 Å². The molecule has 0 atom stereocenters. The van der Waals surface area contributed by atoms with E-state index in [4.69, 9.17) is 30.3 Å². The SMILES string of the molecule is O=N[O-].O=N[O-].O=N[O-].[Pr+3]. The fourth-order valence-corrected chi connectivity index (χ4v) is 0. The van der Waals surface area contributed by atoms with Gasteiger partial charge in [0.15, 0.2) is 0 Å². The molecule has 0 saturated carbocycles. The normalized spacial score (nSPS) is 3.60. The predicted octanol–water partition coefficient (Wildman–Crippen LogP) is 0.752. The summed E-state index contributed by atoms with van der Waals surface area (Å²) in [5, 5.41) is 27.0. The van der Waals surface area contributed by atoms with Crippen molar-refractivity contribution < 1.29 is 41.3 Å². The molecule has 0 aliphatic rings. The second-order valence-electron chi connectivity index (χ2n) is 0.224. The second kappa shape index (κ2) is 74.5. The van der Waals surface area contributed by atoms with Crippen LogP contribution in [0.25, 0.3) is 0 Å². The van der Waals surface area contributed by atoms with Crippen molar-refractivity contribution in [2.24, 2.45) is 16.0 Å². The summed E-state index contributed by atoms with van der Waals surface area (Å²) in [4.78, 5) is 24.0. The predicted molar refractivity (Wildman–Crippen MR) is 27.5 cm³/mol. The fraction of sp³-hybridized carbons (Fsp3) is 0. The van der Waals surface area contributed by atoms with Crippen molar-refractivity contribution in [3.63, 3.8) is 0 Å². The molecule has 0 aliphatic heterocycles. The quantitative estimate of drug-likeness (QED) is 0.470. The van der Waals surface area contributed by atoms with Crippen LogP contribution in [-0.4, -0.2) is 0 Å². The van der Waals surface area contributed by atoms with Crippen LogP contribution in [-0.2, 0) is 0 Å². The third-order valence-electron chi connectivity index (χ3n) is 0. The molecule has 9 nitrogen and oxygen atoms in total. The first-order valence-corrected chi connectivity index (χ1v) is 1.10. The minimum atomic E-state index is 0. The summed E-state index contributed by atoms with van der Waals surface area (Å²) in [6.07, 6.45) is 0. The first-order valence-electron chi connectivity index (χ1n) is 1.10. The van der Waals surface area contributed by atoms with Crippen LogP contribution in [0.2, 0.25) is 0 Å². The van der Waals surface area contributed by atoms with Crippen molar-refractivity contribution in [3.05, 3.63) is 30.3 Å². The first kappa shape index (κ1) is 22.7. The van der Waals surface area contributed by atoms with Crippen molar-refractivity contribution in [1.82, 2.24) is 0 Å². The van der Waals surface area contributed by atoms with Crippen LogP contribution in [0.1, 0.15) is 0 Å². The van der Waals surface area contributed by atoms with Gasteiger partial charge >= 0.3 is 41.3 Å². The summed E-state index contributed by atoms with van der Waals surface area (Å²) in [5.74, 6) is 0. The zero-order chi connectivity index (χ0) is 8.12. The Labute approximate surface area is 87.2 Å². The minimum Gasteiger partial charge on any atom is -0.444 e. The van der Waals surface area contributed by atoms with E-state index in [0.29, 0.717) is 0 Å². The van der Waals surface area contributed by atoms with Gasteiger partial charge in [0.25, 0.3) is 0 Å². The van der Waals surface area contributed by atoms with E-state index in [-0.39, 0.29) is 41.3 Å². The zero-order valence-corrected chi connectivity index (χ0v) is 8.07. The van der Waals surface area contributed by atoms with Gasteiger partial charge in [-0.05, 0) is 0 Å². The monoisotopic (exact) mass is 279 g/mol. The van der Waals surface area contributed by atoms with Crippen molar-refractivity contribution in [1.29, 1.82) is 0 Å². The molecule has 0 unspecified atom stereocenters. The largest absolute Gasteiger partial charge is 3.00 e. The standard InChI is InChI=1S/3HNO2.Pr/c3*2-1-3;/h3*(H,2,3);/q;;;+3/p-3. The molecule has 0 amide bonds. The molecule has 10 heteroatoms. The van der Waals surface area contributed by atoms with Gasteiger partial charge < -0.3 is 30.3 Å². The summed E-state index contributed by atoms with van der Waals surface area (Å²) in [6, 6.07) is 0. The number of rotatable bonds is 0. The van der Waals surface area contributed by atoms with E-state index in [1.807, 2.05) is 0 Å². The van der Waals surface area contributed by atoms with Crippen molar-refractivity contribution in [2.75, 3.05) is 0 Å². The molecule has 0 spiro atoms. The molecule has 0 aliphatic carbocycles. The Bertz CT molecular complexity index is 49.7. The second-order valence-corrected chi connectivity index (χ2v) is 0.224. The van der Waals surface area contributed by atoms with E-state index in [9.17, 15) is 0 Å². The molecule has 0 bridgehead atoms.